The number of carbonyl (C=O) groups excluding carboxylic acids is 1. The third-order valence-electron chi connectivity index (χ3n) is 3.79. The van der Waals surface area contributed by atoms with Crippen LogP contribution in [0, 0.1) is 5.92 Å². The summed E-state index contributed by atoms with van der Waals surface area (Å²) in [7, 11) is -3.81. The standard InChI is InChI=1S/C15H18N4O3S2/c1-9(2)13(20)16-14-17-18-15(23-14)24(21,22)19-10(3)8-11-6-4-5-7-12(11)19/h4-7,9-10H,8H2,1-3H3,(H,16,17,20)/t10-/m0/s1. The van der Waals surface area contributed by atoms with Gasteiger partial charge in [0, 0.05) is 12.0 Å². The molecule has 0 spiro atoms. The van der Waals surface area contributed by atoms with Gasteiger partial charge in [0.2, 0.25) is 11.0 Å². The van der Waals surface area contributed by atoms with Crippen molar-refractivity contribution in [3.8, 4) is 0 Å². The summed E-state index contributed by atoms with van der Waals surface area (Å²) < 4.78 is 27.2. The lowest BCUT2D eigenvalue weighted by atomic mass is 10.1. The van der Waals surface area contributed by atoms with E-state index in [9.17, 15) is 13.2 Å². The first-order valence-electron chi connectivity index (χ1n) is 7.57. The van der Waals surface area contributed by atoms with Gasteiger partial charge in [-0.1, -0.05) is 43.4 Å². The summed E-state index contributed by atoms with van der Waals surface area (Å²) in [5.74, 6) is -0.450. The number of fused-ring (bicyclic) bond motifs is 1. The minimum absolute atomic E-state index is 0.120. The van der Waals surface area contributed by atoms with Crippen LogP contribution in [0.1, 0.15) is 26.3 Å². The number of hydrogen-bond donors (Lipinski definition) is 1. The summed E-state index contributed by atoms with van der Waals surface area (Å²) in [4.78, 5) is 11.7. The highest BCUT2D eigenvalue weighted by Crippen LogP contribution is 2.37. The van der Waals surface area contributed by atoms with Crippen molar-refractivity contribution < 1.29 is 13.2 Å². The van der Waals surface area contributed by atoms with E-state index in [-0.39, 0.29) is 27.3 Å². The van der Waals surface area contributed by atoms with Crippen LogP contribution in [0.15, 0.2) is 28.6 Å². The van der Waals surface area contributed by atoms with Gasteiger partial charge in [-0.05, 0) is 25.0 Å². The average Bonchev–Trinajstić information content (AvgIpc) is 3.10. The Morgan fingerprint density at radius 1 is 1.33 bits per heavy atom. The summed E-state index contributed by atoms with van der Waals surface area (Å²) in [5, 5.41) is 10.3. The normalized spacial score (nSPS) is 17.2. The van der Waals surface area contributed by atoms with Gasteiger partial charge in [-0.2, -0.15) is 8.42 Å². The van der Waals surface area contributed by atoms with Crippen molar-refractivity contribution in [2.75, 3.05) is 9.62 Å². The number of anilines is 2. The lowest BCUT2D eigenvalue weighted by Crippen LogP contribution is -2.35. The summed E-state index contributed by atoms with van der Waals surface area (Å²) in [5.41, 5.74) is 1.67. The largest absolute Gasteiger partial charge is 0.300 e. The number of para-hydroxylation sites is 1. The summed E-state index contributed by atoms with van der Waals surface area (Å²) in [6, 6.07) is 7.24. The van der Waals surface area contributed by atoms with Crippen LogP contribution in [0.5, 0.6) is 0 Å². The van der Waals surface area contributed by atoms with Crippen molar-refractivity contribution in [1.82, 2.24) is 10.2 Å². The first-order valence-corrected chi connectivity index (χ1v) is 9.83. The molecule has 0 fully saturated rings. The van der Waals surface area contributed by atoms with Crippen LogP contribution < -0.4 is 9.62 Å². The van der Waals surface area contributed by atoms with Gasteiger partial charge in [0.05, 0.1) is 5.69 Å². The average molecular weight is 366 g/mol. The van der Waals surface area contributed by atoms with Gasteiger partial charge in [-0.15, -0.1) is 10.2 Å². The molecule has 0 radical (unpaired) electrons. The van der Waals surface area contributed by atoms with E-state index in [4.69, 9.17) is 0 Å². The Hall–Kier alpha value is -2.00. The molecule has 0 saturated heterocycles. The number of nitrogens with one attached hydrogen (secondary N) is 1. The summed E-state index contributed by atoms with van der Waals surface area (Å²) in [6.07, 6.45) is 0.658. The number of aromatic nitrogens is 2. The molecule has 1 aliphatic heterocycles. The molecule has 0 saturated carbocycles. The highest BCUT2D eigenvalue weighted by Gasteiger charge is 2.38. The molecule has 1 N–H and O–H groups in total. The van der Waals surface area contributed by atoms with Crippen LogP contribution >= 0.6 is 11.3 Å². The molecule has 1 atom stereocenters. The van der Waals surface area contributed by atoms with Gasteiger partial charge < -0.3 is 5.32 Å². The number of amides is 1. The lowest BCUT2D eigenvalue weighted by molar-refractivity contribution is -0.118. The Bertz CT molecular complexity index is 876. The Kier molecular flexibility index (Phi) is 4.31. The van der Waals surface area contributed by atoms with Crippen LogP contribution in [-0.2, 0) is 21.2 Å². The molecule has 2 heterocycles. The fourth-order valence-electron chi connectivity index (χ4n) is 2.60. The zero-order valence-corrected chi connectivity index (χ0v) is 15.2. The minimum Gasteiger partial charge on any atom is -0.300 e. The number of hydrogen-bond acceptors (Lipinski definition) is 6. The second kappa shape index (κ2) is 6.14. The van der Waals surface area contributed by atoms with Crippen molar-refractivity contribution in [1.29, 1.82) is 0 Å². The Balaban J connectivity index is 1.92. The molecule has 128 valence electrons. The van der Waals surface area contributed by atoms with Crippen molar-refractivity contribution in [3.63, 3.8) is 0 Å². The predicted molar refractivity (Wildman–Crippen MR) is 92.6 cm³/mol. The zero-order chi connectivity index (χ0) is 17.5. The second-order valence-electron chi connectivity index (χ2n) is 6.00. The van der Waals surface area contributed by atoms with Gasteiger partial charge in [0.1, 0.15) is 0 Å². The topological polar surface area (TPSA) is 92.3 Å². The highest BCUT2D eigenvalue weighted by molar-refractivity contribution is 7.94. The monoisotopic (exact) mass is 366 g/mol. The second-order valence-corrected chi connectivity index (χ2v) is 8.97. The fraction of sp³-hybridized carbons (Fsp3) is 0.400. The molecule has 3 rings (SSSR count). The Morgan fingerprint density at radius 2 is 2.04 bits per heavy atom. The number of sulfonamides is 1. The highest BCUT2D eigenvalue weighted by atomic mass is 32.2. The molecular formula is C15H18N4O3S2. The van der Waals surface area contributed by atoms with Crippen molar-refractivity contribution in [3.05, 3.63) is 29.8 Å². The molecule has 1 amide bonds. The molecule has 0 unspecified atom stereocenters. The molecule has 24 heavy (non-hydrogen) atoms. The molecule has 0 bridgehead atoms. The van der Waals surface area contributed by atoms with Crippen LogP contribution in [0.4, 0.5) is 10.8 Å². The van der Waals surface area contributed by atoms with E-state index in [0.29, 0.717) is 12.1 Å². The van der Waals surface area contributed by atoms with Gasteiger partial charge in [0.15, 0.2) is 0 Å². The smallest absolute Gasteiger partial charge is 0.293 e. The molecule has 0 aliphatic carbocycles. The van der Waals surface area contributed by atoms with E-state index in [0.717, 1.165) is 16.9 Å². The summed E-state index contributed by atoms with van der Waals surface area (Å²) >= 11 is 0.865. The summed E-state index contributed by atoms with van der Waals surface area (Å²) in [6.45, 7) is 5.35. The number of rotatable bonds is 4. The van der Waals surface area contributed by atoms with Crippen LogP contribution in [0.25, 0.3) is 0 Å². The van der Waals surface area contributed by atoms with Crippen LogP contribution in [0.2, 0.25) is 0 Å². The van der Waals surface area contributed by atoms with Gasteiger partial charge in [-0.3, -0.25) is 9.10 Å². The fourth-order valence-corrected chi connectivity index (χ4v) is 5.28. The van der Waals surface area contributed by atoms with E-state index in [1.807, 2.05) is 25.1 Å². The maximum Gasteiger partial charge on any atom is 0.293 e. The molecule has 7 nitrogen and oxygen atoms in total. The predicted octanol–water partition coefficient (Wildman–Crippen LogP) is 2.27. The molecule has 2 aromatic rings. The van der Waals surface area contributed by atoms with Crippen molar-refractivity contribution in [2.45, 2.75) is 37.6 Å². The first kappa shape index (κ1) is 16.8. The van der Waals surface area contributed by atoms with Crippen LogP contribution in [-0.4, -0.2) is 30.6 Å². The maximum absolute atomic E-state index is 13.0. The van der Waals surface area contributed by atoms with E-state index in [1.165, 1.54) is 4.31 Å². The quantitative estimate of drug-likeness (QED) is 0.838. The van der Waals surface area contributed by atoms with Gasteiger partial charge in [-0.25, -0.2) is 0 Å². The van der Waals surface area contributed by atoms with Gasteiger partial charge in [0.25, 0.3) is 14.4 Å². The lowest BCUT2D eigenvalue weighted by Gasteiger charge is -2.22. The molecule has 1 aromatic carbocycles. The Morgan fingerprint density at radius 3 is 2.75 bits per heavy atom. The zero-order valence-electron chi connectivity index (χ0n) is 13.6. The molecule has 9 heteroatoms. The molecular weight excluding hydrogens is 348 g/mol. The minimum atomic E-state index is -3.81. The number of carbonyl (C=O) groups is 1. The molecule has 1 aliphatic rings. The maximum atomic E-state index is 13.0. The van der Waals surface area contributed by atoms with E-state index in [1.54, 1.807) is 19.9 Å². The van der Waals surface area contributed by atoms with E-state index < -0.39 is 10.0 Å². The SMILES string of the molecule is CC(C)C(=O)Nc1nnc(S(=O)(=O)N2c3ccccc3C[C@@H]2C)s1. The number of benzene rings is 1. The Labute approximate surface area is 144 Å². The van der Waals surface area contributed by atoms with Crippen molar-refractivity contribution >= 4 is 38.1 Å². The third kappa shape index (κ3) is 2.89. The van der Waals surface area contributed by atoms with Crippen LogP contribution in [0.3, 0.4) is 0 Å². The third-order valence-corrected chi connectivity index (χ3v) is 6.90. The first-order chi connectivity index (χ1) is 11.3. The number of nitrogens with zero attached hydrogens (tertiary/aromatic N) is 3. The van der Waals surface area contributed by atoms with E-state index in [2.05, 4.69) is 15.5 Å². The van der Waals surface area contributed by atoms with Gasteiger partial charge >= 0.3 is 0 Å². The molecule has 1 aromatic heterocycles. The van der Waals surface area contributed by atoms with Crippen molar-refractivity contribution in [2.24, 2.45) is 5.92 Å². The van der Waals surface area contributed by atoms with E-state index >= 15 is 0 Å².